The largest absolute Gasteiger partial charge is 0.480 e. The third-order valence-electron chi connectivity index (χ3n) is 3.58. The molecule has 3 rings (SSSR count). The van der Waals surface area contributed by atoms with Crippen molar-refractivity contribution in [1.29, 1.82) is 0 Å². The van der Waals surface area contributed by atoms with E-state index in [4.69, 9.17) is 14.3 Å². The highest BCUT2D eigenvalue weighted by molar-refractivity contribution is 5.89. The van der Waals surface area contributed by atoms with Gasteiger partial charge in [0, 0.05) is 6.42 Å². The van der Waals surface area contributed by atoms with Crippen molar-refractivity contribution in [1.82, 2.24) is 5.32 Å². The number of fused-ring (bicyclic) bond motifs is 1. The molecule has 2 N–H and O–H groups in total. The molecule has 6 heteroatoms. The van der Waals surface area contributed by atoms with Gasteiger partial charge in [0.15, 0.2) is 6.10 Å². The van der Waals surface area contributed by atoms with Gasteiger partial charge in [0.25, 0.3) is 5.91 Å². The number of rotatable bonds is 4. The molecule has 1 aromatic carbocycles. The highest BCUT2D eigenvalue weighted by atomic mass is 16.5. The number of aryl methyl sites for hydroxylation is 1. The first-order valence-corrected chi connectivity index (χ1v) is 6.89. The SMILES string of the molecule is Cc1oc(CNC(=O)[C@H]2Cc3ccccc3O2)cc1C(=O)O. The first-order chi connectivity index (χ1) is 10.5. The van der Waals surface area contributed by atoms with Crippen LogP contribution in [0, 0.1) is 6.92 Å². The lowest BCUT2D eigenvalue weighted by Gasteiger charge is -2.10. The van der Waals surface area contributed by atoms with Crippen LogP contribution in [0.25, 0.3) is 0 Å². The van der Waals surface area contributed by atoms with Crippen LogP contribution in [0.15, 0.2) is 34.7 Å². The van der Waals surface area contributed by atoms with Crippen LogP contribution in [0.4, 0.5) is 0 Å². The summed E-state index contributed by atoms with van der Waals surface area (Å²) in [5.41, 5.74) is 1.11. The molecule has 1 atom stereocenters. The summed E-state index contributed by atoms with van der Waals surface area (Å²) in [6.07, 6.45) is -0.0352. The fourth-order valence-electron chi connectivity index (χ4n) is 2.46. The number of benzene rings is 1. The molecule has 0 bridgehead atoms. The Kier molecular flexibility index (Phi) is 3.58. The van der Waals surface area contributed by atoms with Gasteiger partial charge >= 0.3 is 5.97 Å². The maximum absolute atomic E-state index is 12.1. The lowest BCUT2D eigenvalue weighted by atomic mass is 10.1. The first kappa shape index (κ1) is 14.2. The van der Waals surface area contributed by atoms with Crippen LogP contribution in [0.1, 0.15) is 27.4 Å². The number of aromatic carboxylic acids is 1. The van der Waals surface area contributed by atoms with Crippen molar-refractivity contribution in [2.24, 2.45) is 0 Å². The van der Waals surface area contributed by atoms with Crippen molar-refractivity contribution in [3.63, 3.8) is 0 Å². The molecule has 0 radical (unpaired) electrons. The standard InChI is InChI=1S/C16H15NO5/c1-9-12(16(19)20)7-11(21-9)8-17-15(18)14-6-10-4-2-3-5-13(10)22-14/h2-5,7,14H,6,8H2,1H3,(H,17,18)(H,19,20)/t14-/m1/s1. The first-order valence-electron chi connectivity index (χ1n) is 6.89. The van der Waals surface area contributed by atoms with Gasteiger partial charge in [0.1, 0.15) is 22.8 Å². The number of hydrogen-bond donors (Lipinski definition) is 2. The minimum Gasteiger partial charge on any atom is -0.480 e. The van der Waals surface area contributed by atoms with Crippen LogP contribution >= 0.6 is 0 Å². The van der Waals surface area contributed by atoms with E-state index in [-0.39, 0.29) is 18.0 Å². The highest BCUT2D eigenvalue weighted by Crippen LogP contribution is 2.28. The van der Waals surface area contributed by atoms with Gasteiger partial charge in [-0.25, -0.2) is 4.79 Å². The van der Waals surface area contributed by atoms with Gasteiger partial charge < -0.3 is 19.6 Å². The van der Waals surface area contributed by atoms with Gasteiger partial charge in [-0.1, -0.05) is 18.2 Å². The van der Waals surface area contributed by atoms with Gasteiger partial charge in [-0.3, -0.25) is 4.79 Å². The minimum absolute atomic E-state index is 0.105. The van der Waals surface area contributed by atoms with E-state index in [9.17, 15) is 9.59 Å². The van der Waals surface area contributed by atoms with E-state index < -0.39 is 12.1 Å². The fraction of sp³-hybridized carbons (Fsp3) is 0.250. The second-order valence-electron chi connectivity index (χ2n) is 5.12. The molecule has 1 aliphatic heterocycles. The topological polar surface area (TPSA) is 88.8 Å². The predicted molar refractivity (Wildman–Crippen MR) is 76.8 cm³/mol. The van der Waals surface area contributed by atoms with E-state index in [0.717, 1.165) is 11.3 Å². The van der Waals surface area contributed by atoms with Crippen LogP contribution in [0.3, 0.4) is 0 Å². The lowest BCUT2D eigenvalue weighted by Crippen LogP contribution is -2.36. The number of carboxylic acids is 1. The molecule has 0 saturated heterocycles. The maximum atomic E-state index is 12.1. The summed E-state index contributed by atoms with van der Waals surface area (Å²) >= 11 is 0. The smallest absolute Gasteiger partial charge is 0.339 e. The molecule has 6 nitrogen and oxygen atoms in total. The van der Waals surface area contributed by atoms with Crippen molar-refractivity contribution in [2.45, 2.75) is 26.0 Å². The number of carboxylic acid groups (broad SMARTS) is 1. The monoisotopic (exact) mass is 301 g/mol. The van der Waals surface area contributed by atoms with Crippen LogP contribution in [0.5, 0.6) is 5.75 Å². The second-order valence-corrected chi connectivity index (χ2v) is 5.12. The summed E-state index contributed by atoms with van der Waals surface area (Å²) in [6, 6.07) is 8.94. The van der Waals surface area contributed by atoms with E-state index in [1.54, 1.807) is 6.92 Å². The van der Waals surface area contributed by atoms with Crippen LogP contribution in [0.2, 0.25) is 0 Å². The zero-order valence-corrected chi connectivity index (χ0v) is 12.0. The Morgan fingerprint density at radius 1 is 1.36 bits per heavy atom. The Balaban J connectivity index is 1.60. The quantitative estimate of drug-likeness (QED) is 0.900. The molecule has 114 valence electrons. The summed E-state index contributed by atoms with van der Waals surface area (Å²) in [6.45, 7) is 1.70. The van der Waals surface area contributed by atoms with E-state index in [0.29, 0.717) is 17.9 Å². The second kappa shape index (κ2) is 5.55. The van der Waals surface area contributed by atoms with Gasteiger partial charge in [0.2, 0.25) is 0 Å². The number of carbonyl (C=O) groups is 2. The number of furan rings is 1. The number of para-hydroxylation sites is 1. The van der Waals surface area contributed by atoms with E-state index in [1.807, 2.05) is 24.3 Å². The molecule has 1 aliphatic rings. The maximum Gasteiger partial charge on any atom is 0.339 e. The summed E-state index contributed by atoms with van der Waals surface area (Å²) in [4.78, 5) is 23.1. The number of amides is 1. The van der Waals surface area contributed by atoms with Crippen molar-refractivity contribution < 1.29 is 23.8 Å². The van der Waals surface area contributed by atoms with Crippen molar-refractivity contribution >= 4 is 11.9 Å². The molecule has 22 heavy (non-hydrogen) atoms. The van der Waals surface area contributed by atoms with Crippen molar-refractivity contribution in [2.75, 3.05) is 0 Å². The average Bonchev–Trinajstić information content (AvgIpc) is 3.08. The molecule has 1 amide bonds. The molecule has 0 fully saturated rings. The Bertz CT molecular complexity index is 709. The number of nitrogens with one attached hydrogen (secondary N) is 1. The Labute approximate surface area is 126 Å². The molecule has 2 heterocycles. The van der Waals surface area contributed by atoms with Gasteiger partial charge in [-0.15, -0.1) is 0 Å². The zero-order valence-electron chi connectivity index (χ0n) is 12.0. The van der Waals surface area contributed by atoms with E-state index in [1.165, 1.54) is 6.07 Å². The van der Waals surface area contributed by atoms with E-state index in [2.05, 4.69) is 5.32 Å². The number of hydrogen-bond acceptors (Lipinski definition) is 4. The Morgan fingerprint density at radius 3 is 2.82 bits per heavy atom. The normalized spacial score (nSPS) is 16.0. The Morgan fingerprint density at radius 2 is 2.14 bits per heavy atom. The van der Waals surface area contributed by atoms with Gasteiger partial charge in [0.05, 0.1) is 6.54 Å². The molecule has 0 unspecified atom stereocenters. The molecule has 0 spiro atoms. The third kappa shape index (κ3) is 2.67. The van der Waals surface area contributed by atoms with Crippen LogP contribution < -0.4 is 10.1 Å². The number of ether oxygens (including phenoxy) is 1. The number of carbonyl (C=O) groups excluding carboxylic acids is 1. The third-order valence-corrected chi connectivity index (χ3v) is 3.58. The van der Waals surface area contributed by atoms with Gasteiger partial charge in [-0.05, 0) is 24.6 Å². The summed E-state index contributed by atoms with van der Waals surface area (Å²) in [7, 11) is 0. The average molecular weight is 301 g/mol. The lowest BCUT2D eigenvalue weighted by molar-refractivity contribution is -0.127. The molecule has 2 aromatic rings. The highest BCUT2D eigenvalue weighted by Gasteiger charge is 2.28. The van der Waals surface area contributed by atoms with Crippen molar-refractivity contribution in [3.8, 4) is 5.75 Å². The summed E-state index contributed by atoms with van der Waals surface area (Å²) in [5.74, 6) is 0.153. The zero-order chi connectivity index (χ0) is 15.7. The fourth-order valence-corrected chi connectivity index (χ4v) is 2.46. The molecular formula is C16H15NO5. The summed E-state index contributed by atoms with van der Waals surface area (Å²) < 4.78 is 10.9. The van der Waals surface area contributed by atoms with Gasteiger partial charge in [-0.2, -0.15) is 0 Å². The molecular weight excluding hydrogens is 286 g/mol. The Hall–Kier alpha value is -2.76. The van der Waals surface area contributed by atoms with Crippen LogP contribution in [-0.4, -0.2) is 23.1 Å². The molecule has 0 saturated carbocycles. The van der Waals surface area contributed by atoms with Crippen LogP contribution in [-0.2, 0) is 17.8 Å². The predicted octanol–water partition coefficient (Wildman–Crippen LogP) is 1.91. The van der Waals surface area contributed by atoms with E-state index >= 15 is 0 Å². The summed E-state index contributed by atoms with van der Waals surface area (Å²) in [5, 5.41) is 11.7. The molecule has 0 aliphatic carbocycles. The molecule has 1 aromatic heterocycles. The van der Waals surface area contributed by atoms with Crippen molar-refractivity contribution in [3.05, 3.63) is 53.0 Å². The minimum atomic E-state index is -1.05.